The zero-order valence-corrected chi connectivity index (χ0v) is 11.9. The minimum absolute atomic E-state index is 0.0627. The molecule has 3 aromatic rings. The lowest BCUT2D eigenvalue weighted by Crippen LogP contribution is -2.06. The molecule has 0 aliphatic heterocycles. The molecule has 0 amide bonds. The van der Waals surface area contributed by atoms with Gasteiger partial charge in [-0.2, -0.15) is 0 Å². The average Bonchev–Trinajstić information content (AvgIpc) is 3.30. The number of rotatable bonds is 3. The van der Waals surface area contributed by atoms with Crippen molar-refractivity contribution in [3.05, 3.63) is 36.3 Å². The van der Waals surface area contributed by atoms with Gasteiger partial charge in [-0.3, -0.25) is 9.97 Å². The van der Waals surface area contributed by atoms with E-state index in [0.717, 1.165) is 35.1 Å². The quantitative estimate of drug-likeness (QED) is 0.794. The van der Waals surface area contributed by atoms with Crippen LogP contribution in [0, 0.1) is 0 Å². The van der Waals surface area contributed by atoms with Crippen LogP contribution in [-0.2, 0) is 7.05 Å². The molecule has 1 aliphatic rings. The van der Waals surface area contributed by atoms with Crippen molar-refractivity contribution in [2.45, 2.75) is 18.8 Å². The van der Waals surface area contributed by atoms with Crippen molar-refractivity contribution < 1.29 is 9.90 Å². The Morgan fingerprint density at radius 1 is 1.27 bits per heavy atom. The molecule has 1 aliphatic carbocycles. The highest BCUT2D eigenvalue weighted by Crippen LogP contribution is 2.43. The van der Waals surface area contributed by atoms with E-state index in [-0.39, 0.29) is 5.69 Å². The number of nitrogens with zero attached hydrogens (tertiary/aromatic N) is 5. The molecule has 22 heavy (non-hydrogen) atoms. The van der Waals surface area contributed by atoms with Gasteiger partial charge in [-0.05, 0) is 12.8 Å². The van der Waals surface area contributed by atoms with Crippen LogP contribution in [0.25, 0.3) is 22.3 Å². The molecule has 1 N–H and O–H groups in total. The summed E-state index contributed by atoms with van der Waals surface area (Å²) in [5.74, 6) is -0.735. The third-order valence-electron chi connectivity index (χ3n) is 3.88. The Balaban J connectivity index is 2.00. The van der Waals surface area contributed by atoms with E-state index < -0.39 is 5.97 Å². The zero-order valence-electron chi connectivity index (χ0n) is 11.9. The van der Waals surface area contributed by atoms with Crippen LogP contribution >= 0.6 is 0 Å². The van der Waals surface area contributed by atoms with Gasteiger partial charge in [-0.15, -0.1) is 0 Å². The Labute approximate surface area is 125 Å². The van der Waals surface area contributed by atoms with Crippen LogP contribution in [0.3, 0.4) is 0 Å². The normalized spacial score (nSPS) is 14.4. The van der Waals surface area contributed by atoms with Crippen molar-refractivity contribution in [3.63, 3.8) is 0 Å². The van der Waals surface area contributed by atoms with Crippen molar-refractivity contribution >= 4 is 17.0 Å². The number of carboxylic acids is 1. The summed E-state index contributed by atoms with van der Waals surface area (Å²) in [6.07, 6.45) is 8.56. The van der Waals surface area contributed by atoms with E-state index >= 15 is 0 Å². The molecule has 0 spiro atoms. The maximum absolute atomic E-state index is 11.2. The highest BCUT2D eigenvalue weighted by molar-refractivity contribution is 5.92. The Morgan fingerprint density at radius 3 is 2.82 bits per heavy atom. The van der Waals surface area contributed by atoms with Gasteiger partial charge < -0.3 is 9.67 Å². The number of pyridine rings is 1. The van der Waals surface area contributed by atoms with Gasteiger partial charge in [0.15, 0.2) is 5.69 Å². The van der Waals surface area contributed by atoms with E-state index in [4.69, 9.17) is 0 Å². The lowest BCUT2D eigenvalue weighted by Gasteiger charge is -2.08. The van der Waals surface area contributed by atoms with E-state index in [0.29, 0.717) is 11.6 Å². The van der Waals surface area contributed by atoms with Gasteiger partial charge in [-0.25, -0.2) is 14.8 Å². The van der Waals surface area contributed by atoms with Crippen LogP contribution in [0.5, 0.6) is 0 Å². The van der Waals surface area contributed by atoms with Gasteiger partial charge in [-0.1, -0.05) is 0 Å². The summed E-state index contributed by atoms with van der Waals surface area (Å²) in [5.41, 5.74) is 3.73. The first-order chi connectivity index (χ1) is 10.6. The molecule has 0 bridgehead atoms. The summed E-state index contributed by atoms with van der Waals surface area (Å²) in [5, 5.41) is 9.18. The average molecular weight is 295 g/mol. The van der Waals surface area contributed by atoms with Gasteiger partial charge >= 0.3 is 5.97 Å². The second kappa shape index (κ2) is 4.59. The fourth-order valence-corrected chi connectivity index (χ4v) is 2.57. The van der Waals surface area contributed by atoms with Crippen molar-refractivity contribution in [2.24, 2.45) is 7.05 Å². The summed E-state index contributed by atoms with van der Waals surface area (Å²) >= 11 is 0. The molecule has 0 unspecified atom stereocenters. The number of carbonyl (C=O) groups is 1. The van der Waals surface area contributed by atoms with Crippen LogP contribution in [0.15, 0.2) is 24.9 Å². The first-order valence-electron chi connectivity index (χ1n) is 7.01. The molecule has 4 rings (SSSR count). The van der Waals surface area contributed by atoms with Crippen LogP contribution < -0.4 is 0 Å². The topological polar surface area (TPSA) is 93.8 Å². The summed E-state index contributed by atoms with van der Waals surface area (Å²) in [4.78, 5) is 28.5. The van der Waals surface area contributed by atoms with E-state index in [2.05, 4.69) is 19.9 Å². The Morgan fingerprint density at radius 2 is 2.09 bits per heavy atom. The van der Waals surface area contributed by atoms with E-state index in [1.807, 2.05) is 11.6 Å². The lowest BCUT2D eigenvalue weighted by atomic mass is 10.1. The highest BCUT2D eigenvalue weighted by Gasteiger charge is 2.30. The molecule has 0 saturated heterocycles. The van der Waals surface area contributed by atoms with Gasteiger partial charge in [0.1, 0.15) is 5.52 Å². The molecular weight excluding hydrogens is 282 g/mol. The maximum atomic E-state index is 11.2. The summed E-state index contributed by atoms with van der Waals surface area (Å²) in [6, 6.07) is 0. The second-order valence-corrected chi connectivity index (χ2v) is 5.48. The third-order valence-corrected chi connectivity index (χ3v) is 3.88. The van der Waals surface area contributed by atoms with Crippen LogP contribution in [0.1, 0.15) is 34.9 Å². The Kier molecular flexibility index (Phi) is 2.69. The molecule has 3 aromatic heterocycles. The summed E-state index contributed by atoms with van der Waals surface area (Å²) < 4.78 is 1.87. The molecule has 110 valence electrons. The van der Waals surface area contributed by atoms with Gasteiger partial charge in [0.2, 0.25) is 0 Å². The highest BCUT2D eigenvalue weighted by atomic mass is 16.4. The minimum Gasteiger partial charge on any atom is -0.476 e. The summed E-state index contributed by atoms with van der Waals surface area (Å²) in [7, 11) is 1.89. The van der Waals surface area contributed by atoms with Crippen LogP contribution in [0.2, 0.25) is 0 Å². The van der Waals surface area contributed by atoms with Gasteiger partial charge in [0.05, 0.1) is 35.6 Å². The van der Waals surface area contributed by atoms with Crippen LogP contribution in [-0.4, -0.2) is 35.6 Å². The fraction of sp³-hybridized carbons (Fsp3) is 0.267. The smallest absolute Gasteiger partial charge is 0.356 e. The molecule has 1 fully saturated rings. The number of aromatic carboxylic acids is 1. The standard InChI is InChI=1S/C15H13N5O2/c1-20-7-18-13-9(4-16-6-11(13)20)14-12(8-2-3-8)17-5-10(19-14)15(21)22/h4-8H,2-3H2,1H3,(H,21,22). The fourth-order valence-electron chi connectivity index (χ4n) is 2.57. The minimum atomic E-state index is -1.09. The van der Waals surface area contributed by atoms with Crippen molar-refractivity contribution in [2.75, 3.05) is 0 Å². The molecule has 7 heteroatoms. The van der Waals surface area contributed by atoms with Gasteiger partial charge in [0, 0.05) is 24.7 Å². The number of aromatic nitrogens is 5. The molecule has 7 nitrogen and oxygen atoms in total. The monoisotopic (exact) mass is 295 g/mol. The van der Waals surface area contributed by atoms with E-state index in [9.17, 15) is 9.90 Å². The van der Waals surface area contributed by atoms with Crippen molar-refractivity contribution in [1.29, 1.82) is 0 Å². The molecule has 0 atom stereocenters. The van der Waals surface area contributed by atoms with Crippen molar-refractivity contribution in [3.8, 4) is 11.3 Å². The molecule has 0 aromatic carbocycles. The number of hydrogen-bond donors (Lipinski definition) is 1. The van der Waals surface area contributed by atoms with E-state index in [1.54, 1.807) is 18.7 Å². The molecular formula is C15H13N5O2. The predicted octanol–water partition coefficient (Wildman–Crippen LogP) is 2.00. The molecule has 1 saturated carbocycles. The summed E-state index contributed by atoms with van der Waals surface area (Å²) in [6.45, 7) is 0. The Hall–Kier alpha value is -2.83. The number of imidazole rings is 1. The number of carboxylic acid groups (broad SMARTS) is 1. The first-order valence-corrected chi connectivity index (χ1v) is 7.01. The SMILES string of the molecule is Cn1cnc2c(-c3nc(C(=O)O)cnc3C3CC3)cncc21. The molecule has 3 heterocycles. The maximum Gasteiger partial charge on any atom is 0.356 e. The Bertz CT molecular complexity index is 898. The number of aryl methyl sites for hydroxylation is 1. The van der Waals surface area contributed by atoms with Gasteiger partial charge in [0.25, 0.3) is 0 Å². The number of hydrogen-bond acceptors (Lipinski definition) is 5. The van der Waals surface area contributed by atoms with Crippen LogP contribution in [0.4, 0.5) is 0 Å². The lowest BCUT2D eigenvalue weighted by molar-refractivity contribution is 0.0690. The first kappa shape index (κ1) is 12.9. The third kappa shape index (κ3) is 1.93. The largest absolute Gasteiger partial charge is 0.476 e. The predicted molar refractivity (Wildman–Crippen MR) is 78.5 cm³/mol. The zero-order chi connectivity index (χ0) is 15.3. The number of fused-ring (bicyclic) bond motifs is 1. The second-order valence-electron chi connectivity index (χ2n) is 5.48. The van der Waals surface area contributed by atoms with Crippen molar-refractivity contribution in [1.82, 2.24) is 24.5 Å². The van der Waals surface area contributed by atoms with E-state index in [1.165, 1.54) is 6.20 Å². The molecule has 0 radical (unpaired) electrons.